The summed E-state index contributed by atoms with van der Waals surface area (Å²) in [4.78, 5) is 18.7. The molecule has 1 aromatic carbocycles. The molecule has 2 aromatic rings. The van der Waals surface area contributed by atoms with E-state index in [2.05, 4.69) is 29.0 Å². The molecule has 0 saturated carbocycles. The van der Waals surface area contributed by atoms with Gasteiger partial charge >= 0.3 is 0 Å². The number of hydrogen-bond donors (Lipinski definition) is 1. The van der Waals surface area contributed by atoms with E-state index in [1.165, 1.54) is 0 Å². The molecule has 5 heteroatoms. The van der Waals surface area contributed by atoms with Crippen molar-refractivity contribution in [2.24, 2.45) is 0 Å². The summed E-state index contributed by atoms with van der Waals surface area (Å²) in [5, 5.41) is 2.89. The molecule has 0 aliphatic heterocycles. The highest BCUT2D eigenvalue weighted by molar-refractivity contribution is 5.93. The lowest BCUT2D eigenvalue weighted by Gasteiger charge is -2.21. The van der Waals surface area contributed by atoms with Gasteiger partial charge in [0.05, 0.1) is 7.11 Å². The van der Waals surface area contributed by atoms with Gasteiger partial charge in [-0.05, 0) is 32.0 Å². The standard InChI is InChI=1S/C18H23N3O2/c1-4-21(5-2)15-10-11-19-16(12-15)18(22)20-13-14-8-6-7-9-17(14)23-3/h6-12H,4-5,13H2,1-3H3,(H,20,22). The van der Waals surface area contributed by atoms with Gasteiger partial charge in [-0.25, -0.2) is 0 Å². The molecule has 0 radical (unpaired) electrons. The molecule has 5 nitrogen and oxygen atoms in total. The van der Waals surface area contributed by atoms with Gasteiger partial charge in [0.25, 0.3) is 5.91 Å². The summed E-state index contributed by atoms with van der Waals surface area (Å²) in [6.45, 7) is 6.36. The molecule has 2 rings (SSSR count). The summed E-state index contributed by atoms with van der Waals surface area (Å²) in [5.41, 5.74) is 2.36. The first kappa shape index (κ1) is 16.8. The SMILES string of the molecule is CCN(CC)c1ccnc(C(=O)NCc2ccccc2OC)c1. The highest BCUT2D eigenvalue weighted by Crippen LogP contribution is 2.17. The first-order chi connectivity index (χ1) is 11.2. The highest BCUT2D eigenvalue weighted by Gasteiger charge is 2.11. The van der Waals surface area contributed by atoms with Crippen LogP contribution in [0.1, 0.15) is 29.9 Å². The maximum absolute atomic E-state index is 12.3. The Bertz CT molecular complexity index is 654. The second-order valence-corrected chi connectivity index (χ2v) is 5.07. The van der Waals surface area contributed by atoms with Crippen molar-refractivity contribution in [3.05, 3.63) is 53.9 Å². The molecule has 1 aromatic heterocycles. The van der Waals surface area contributed by atoms with Gasteiger partial charge in [-0.15, -0.1) is 0 Å². The Morgan fingerprint density at radius 3 is 2.65 bits per heavy atom. The van der Waals surface area contributed by atoms with Crippen molar-refractivity contribution in [1.82, 2.24) is 10.3 Å². The van der Waals surface area contributed by atoms with Crippen molar-refractivity contribution in [3.8, 4) is 5.75 Å². The lowest BCUT2D eigenvalue weighted by atomic mass is 10.2. The van der Waals surface area contributed by atoms with Crippen LogP contribution < -0.4 is 15.0 Å². The number of amides is 1. The molecule has 0 unspecified atom stereocenters. The number of methoxy groups -OCH3 is 1. The normalized spacial score (nSPS) is 10.2. The van der Waals surface area contributed by atoms with Crippen molar-refractivity contribution in [3.63, 3.8) is 0 Å². The van der Waals surface area contributed by atoms with Gasteiger partial charge in [0, 0.05) is 37.1 Å². The van der Waals surface area contributed by atoms with Gasteiger partial charge in [0.2, 0.25) is 0 Å². The molecular formula is C18H23N3O2. The van der Waals surface area contributed by atoms with E-state index in [0.717, 1.165) is 30.1 Å². The zero-order chi connectivity index (χ0) is 16.7. The second kappa shape index (κ2) is 8.17. The number of benzene rings is 1. The van der Waals surface area contributed by atoms with E-state index in [9.17, 15) is 4.79 Å². The number of para-hydroxylation sites is 1. The van der Waals surface area contributed by atoms with E-state index < -0.39 is 0 Å². The lowest BCUT2D eigenvalue weighted by molar-refractivity contribution is 0.0945. The van der Waals surface area contributed by atoms with Crippen LogP contribution in [0.15, 0.2) is 42.6 Å². The van der Waals surface area contributed by atoms with Crippen LogP contribution in [0.4, 0.5) is 5.69 Å². The van der Waals surface area contributed by atoms with E-state index in [1.807, 2.05) is 36.4 Å². The minimum Gasteiger partial charge on any atom is -0.496 e. The number of ether oxygens (including phenoxy) is 1. The van der Waals surface area contributed by atoms with Gasteiger partial charge in [0.1, 0.15) is 11.4 Å². The maximum atomic E-state index is 12.3. The van der Waals surface area contributed by atoms with Gasteiger partial charge < -0.3 is 15.0 Å². The van der Waals surface area contributed by atoms with Crippen LogP contribution in [0.5, 0.6) is 5.75 Å². The van der Waals surface area contributed by atoms with Gasteiger partial charge in [-0.3, -0.25) is 9.78 Å². The number of pyridine rings is 1. The quantitative estimate of drug-likeness (QED) is 0.854. The van der Waals surface area contributed by atoms with Crippen molar-refractivity contribution in [2.75, 3.05) is 25.1 Å². The Morgan fingerprint density at radius 2 is 1.96 bits per heavy atom. The summed E-state index contributed by atoms with van der Waals surface area (Å²) in [6, 6.07) is 11.4. The third-order valence-corrected chi connectivity index (χ3v) is 3.74. The molecule has 122 valence electrons. The van der Waals surface area contributed by atoms with Crippen molar-refractivity contribution < 1.29 is 9.53 Å². The fraction of sp³-hybridized carbons (Fsp3) is 0.333. The monoisotopic (exact) mass is 313 g/mol. The smallest absolute Gasteiger partial charge is 0.270 e. The van der Waals surface area contributed by atoms with Crippen LogP contribution in [0.2, 0.25) is 0 Å². The van der Waals surface area contributed by atoms with Crippen LogP contribution in [0.25, 0.3) is 0 Å². The van der Waals surface area contributed by atoms with E-state index >= 15 is 0 Å². The minimum atomic E-state index is -0.190. The first-order valence-corrected chi connectivity index (χ1v) is 7.80. The predicted molar refractivity (Wildman–Crippen MR) is 92.0 cm³/mol. The number of aromatic nitrogens is 1. The number of carbonyl (C=O) groups is 1. The van der Waals surface area contributed by atoms with E-state index in [-0.39, 0.29) is 5.91 Å². The number of carbonyl (C=O) groups excluding carboxylic acids is 1. The number of hydrogen-bond acceptors (Lipinski definition) is 4. The molecular weight excluding hydrogens is 290 g/mol. The van der Waals surface area contributed by atoms with Gasteiger partial charge in [-0.1, -0.05) is 18.2 Å². The van der Waals surface area contributed by atoms with Crippen LogP contribution in [0, 0.1) is 0 Å². The number of anilines is 1. The van der Waals surface area contributed by atoms with Crippen LogP contribution in [-0.4, -0.2) is 31.1 Å². The molecule has 0 saturated heterocycles. The summed E-state index contributed by atoms with van der Waals surface area (Å²) in [6.07, 6.45) is 1.67. The average molecular weight is 313 g/mol. The molecule has 0 fully saturated rings. The minimum absolute atomic E-state index is 0.190. The van der Waals surface area contributed by atoms with Crippen molar-refractivity contribution >= 4 is 11.6 Å². The molecule has 23 heavy (non-hydrogen) atoms. The molecule has 0 bridgehead atoms. The Morgan fingerprint density at radius 1 is 1.22 bits per heavy atom. The molecule has 1 N–H and O–H groups in total. The molecule has 1 heterocycles. The fourth-order valence-corrected chi connectivity index (χ4v) is 2.44. The van der Waals surface area contributed by atoms with Crippen molar-refractivity contribution in [1.29, 1.82) is 0 Å². The van der Waals surface area contributed by atoms with Gasteiger partial charge in [-0.2, -0.15) is 0 Å². The maximum Gasteiger partial charge on any atom is 0.270 e. The van der Waals surface area contributed by atoms with Crippen LogP contribution in [-0.2, 0) is 6.54 Å². The number of nitrogens with one attached hydrogen (secondary N) is 1. The summed E-state index contributed by atoms with van der Waals surface area (Å²) in [7, 11) is 1.62. The second-order valence-electron chi connectivity index (χ2n) is 5.07. The third kappa shape index (κ3) is 4.22. The third-order valence-electron chi connectivity index (χ3n) is 3.74. The molecule has 0 aliphatic carbocycles. The molecule has 0 aliphatic rings. The van der Waals surface area contributed by atoms with E-state index in [0.29, 0.717) is 12.2 Å². The number of nitrogens with zero attached hydrogens (tertiary/aromatic N) is 2. The summed E-state index contributed by atoms with van der Waals surface area (Å²) in [5.74, 6) is 0.572. The van der Waals surface area contributed by atoms with E-state index in [4.69, 9.17) is 4.74 Å². The first-order valence-electron chi connectivity index (χ1n) is 7.80. The summed E-state index contributed by atoms with van der Waals surface area (Å²) >= 11 is 0. The zero-order valence-corrected chi connectivity index (χ0v) is 13.9. The largest absolute Gasteiger partial charge is 0.496 e. The molecule has 0 spiro atoms. The van der Waals surface area contributed by atoms with Gasteiger partial charge in [0.15, 0.2) is 0 Å². The van der Waals surface area contributed by atoms with Crippen LogP contribution in [0.3, 0.4) is 0 Å². The Labute approximate surface area is 137 Å². The van der Waals surface area contributed by atoms with Crippen LogP contribution >= 0.6 is 0 Å². The molecule has 0 atom stereocenters. The van der Waals surface area contributed by atoms with E-state index in [1.54, 1.807) is 13.3 Å². The Balaban J connectivity index is 2.07. The Kier molecular flexibility index (Phi) is 5.97. The molecule has 1 amide bonds. The lowest BCUT2D eigenvalue weighted by Crippen LogP contribution is -2.26. The fourth-order valence-electron chi connectivity index (χ4n) is 2.44. The predicted octanol–water partition coefficient (Wildman–Crippen LogP) is 2.87. The average Bonchev–Trinajstić information content (AvgIpc) is 2.61. The highest BCUT2D eigenvalue weighted by atomic mass is 16.5. The number of rotatable bonds is 7. The topological polar surface area (TPSA) is 54.5 Å². The Hall–Kier alpha value is -2.56. The summed E-state index contributed by atoms with van der Waals surface area (Å²) < 4.78 is 5.29. The zero-order valence-electron chi connectivity index (χ0n) is 13.9. The van der Waals surface area contributed by atoms with Crippen molar-refractivity contribution in [2.45, 2.75) is 20.4 Å².